The van der Waals surface area contributed by atoms with Gasteiger partial charge >= 0.3 is 5.97 Å². The lowest BCUT2D eigenvalue weighted by atomic mass is 10.1. The summed E-state index contributed by atoms with van der Waals surface area (Å²) in [5, 5.41) is 8.48. The molecule has 0 aromatic heterocycles. The molecule has 0 fully saturated rings. The predicted octanol–water partition coefficient (Wildman–Crippen LogP) is 0.0469. The number of nitrogens with two attached hydrogens (primary N) is 1. The first kappa shape index (κ1) is 12.9. The number of hydrogen-bond acceptors (Lipinski definition) is 3. The van der Waals surface area contributed by atoms with E-state index in [2.05, 4.69) is 0 Å². The maximum Gasteiger partial charge on any atom is 0.320 e. The Hall–Kier alpha value is -1.10. The van der Waals surface area contributed by atoms with E-state index in [9.17, 15) is 9.59 Å². The molecule has 14 heavy (non-hydrogen) atoms. The molecule has 0 radical (unpaired) electrons. The first-order chi connectivity index (χ1) is 6.45. The topological polar surface area (TPSA) is 83.6 Å². The quantitative estimate of drug-likeness (QED) is 0.596. The molecule has 3 N–H and O–H groups in total. The summed E-state index contributed by atoms with van der Waals surface area (Å²) >= 11 is 0. The van der Waals surface area contributed by atoms with Crippen molar-refractivity contribution >= 4 is 11.9 Å². The monoisotopic (exact) mass is 202 g/mol. The van der Waals surface area contributed by atoms with Crippen molar-refractivity contribution in [2.75, 3.05) is 14.1 Å². The van der Waals surface area contributed by atoms with Gasteiger partial charge in [-0.25, -0.2) is 0 Å². The smallest absolute Gasteiger partial charge is 0.320 e. The van der Waals surface area contributed by atoms with E-state index in [0.29, 0.717) is 25.7 Å². The molecule has 82 valence electrons. The number of amides is 1. The number of unbranched alkanes of at least 4 members (excludes halogenated alkanes) is 1. The molecule has 0 aliphatic rings. The van der Waals surface area contributed by atoms with E-state index >= 15 is 0 Å². The molecule has 5 nitrogen and oxygen atoms in total. The van der Waals surface area contributed by atoms with Crippen LogP contribution in [-0.4, -0.2) is 42.0 Å². The molecule has 0 aromatic rings. The second-order valence-corrected chi connectivity index (χ2v) is 3.48. The summed E-state index contributed by atoms with van der Waals surface area (Å²) in [4.78, 5) is 23.0. The highest BCUT2D eigenvalue weighted by molar-refractivity contribution is 5.75. The van der Waals surface area contributed by atoms with Crippen LogP contribution in [0, 0.1) is 0 Å². The Morgan fingerprint density at radius 3 is 2.36 bits per heavy atom. The van der Waals surface area contributed by atoms with Crippen LogP contribution >= 0.6 is 0 Å². The van der Waals surface area contributed by atoms with Crippen molar-refractivity contribution in [3.63, 3.8) is 0 Å². The van der Waals surface area contributed by atoms with Gasteiger partial charge < -0.3 is 15.7 Å². The van der Waals surface area contributed by atoms with E-state index in [4.69, 9.17) is 10.8 Å². The normalized spacial score (nSPS) is 12.2. The van der Waals surface area contributed by atoms with Crippen molar-refractivity contribution in [1.82, 2.24) is 4.90 Å². The minimum Gasteiger partial charge on any atom is -0.480 e. The van der Waals surface area contributed by atoms with Crippen LogP contribution in [-0.2, 0) is 9.59 Å². The fourth-order valence-electron chi connectivity index (χ4n) is 0.988. The molecule has 0 heterocycles. The number of carbonyl (C=O) groups is 2. The Bertz CT molecular complexity index is 204. The summed E-state index contributed by atoms with van der Waals surface area (Å²) in [6.45, 7) is 0. The van der Waals surface area contributed by atoms with Crippen LogP contribution in [0.5, 0.6) is 0 Å². The Kier molecular flexibility index (Phi) is 5.87. The lowest BCUT2D eigenvalue weighted by molar-refractivity contribution is -0.138. The van der Waals surface area contributed by atoms with Gasteiger partial charge in [-0.2, -0.15) is 0 Å². The average molecular weight is 202 g/mol. The molecule has 0 saturated carbocycles. The third kappa shape index (κ3) is 5.53. The van der Waals surface area contributed by atoms with E-state index in [1.54, 1.807) is 14.1 Å². The number of carbonyl (C=O) groups excluding carboxylic acids is 1. The molecular formula is C9H18N2O3. The standard InChI is InChI=1S/C9H18N2O3/c1-11(2)8(12)6-4-3-5-7(10)9(13)14/h7H,3-6,10H2,1-2H3,(H,13,14)/t7-/m0/s1. The lowest BCUT2D eigenvalue weighted by Crippen LogP contribution is -2.29. The first-order valence-corrected chi connectivity index (χ1v) is 4.63. The molecule has 0 spiro atoms. The van der Waals surface area contributed by atoms with Gasteiger partial charge in [-0.3, -0.25) is 9.59 Å². The highest BCUT2D eigenvalue weighted by Gasteiger charge is 2.11. The second-order valence-electron chi connectivity index (χ2n) is 3.48. The van der Waals surface area contributed by atoms with Crippen molar-refractivity contribution < 1.29 is 14.7 Å². The van der Waals surface area contributed by atoms with Gasteiger partial charge in [0.2, 0.25) is 5.91 Å². The van der Waals surface area contributed by atoms with Gasteiger partial charge in [0.25, 0.3) is 0 Å². The van der Waals surface area contributed by atoms with E-state index in [0.717, 1.165) is 0 Å². The molecule has 0 saturated heterocycles. The maximum absolute atomic E-state index is 11.1. The fraction of sp³-hybridized carbons (Fsp3) is 0.778. The van der Waals surface area contributed by atoms with Crippen LogP contribution in [0.1, 0.15) is 25.7 Å². The SMILES string of the molecule is CN(C)C(=O)CCCC[C@H](N)C(=O)O. The summed E-state index contributed by atoms with van der Waals surface area (Å²) < 4.78 is 0. The molecule has 0 aliphatic heterocycles. The lowest BCUT2D eigenvalue weighted by Gasteiger charge is -2.10. The molecular weight excluding hydrogens is 184 g/mol. The average Bonchev–Trinajstić information content (AvgIpc) is 2.11. The minimum atomic E-state index is -0.982. The first-order valence-electron chi connectivity index (χ1n) is 4.63. The van der Waals surface area contributed by atoms with Crippen LogP contribution in [0.15, 0.2) is 0 Å². The molecule has 5 heteroatoms. The van der Waals surface area contributed by atoms with Gasteiger partial charge in [0.05, 0.1) is 0 Å². The number of carboxylic acid groups (broad SMARTS) is 1. The second kappa shape index (κ2) is 6.37. The van der Waals surface area contributed by atoms with Gasteiger partial charge in [-0.05, 0) is 12.8 Å². The number of nitrogens with zero attached hydrogens (tertiary/aromatic N) is 1. The number of hydrogen-bond donors (Lipinski definition) is 2. The van der Waals surface area contributed by atoms with Crippen LogP contribution in [0.2, 0.25) is 0 Å². The van der Waals surface area contributed by atoms with Crippen molar-refractivity contribution in [3.8, 4) is 0 Å². The number of rotatable bonds is 6. The third-order valence-electron chi connectivity index (χ3n) is 1.97. The van der Waals surface area contributed by atoms with E-state index in [1.807, 2.05) is 0 Å². The van der Waals surface area contributed by atoms with Gasteiger partial charge in [-0.15, -0.1) is 0 Å². The third-order valence-corrected chi connectivity index (χ3v) is 1.97. The summed E-state index contributed by atoms with van der Waals surface area (Å²) in [7, 11) is 3.40. The minimum absolute atomic E-state index is 0.0638. The van der Waals surface area contributed by atoms with E-state index < -0.39 is 12.0 Å². The highest BCUT2D eigenvalue weighted by atomic mass is 16.4. The van der Waals surface area contributed by atoms with Crippen molar-refractivity contribution in [2.24, 2.45) is 5.73 Å². The highest BCUT2D eigenvalue weighted by Crippen LogP contribution is 2.03. The van der Waals surface area contributed by atoms with Gasteiger partial charge in [0.1, 0.15) is 6.04 Å². The van der Waals surface area contributed by atoms with Gasteiger partial charge in [0.15, 0.2) is 0 Å². The summed E-state index contributed by atoms with van der Waals surface area (Å²) in [6.07, 6.45) is 2.25. The largest absolute Gasteiger partial charge is 0.480 e. The Labute approximate surface area is 83.9 Å². The van der Waals surface area contributed by atoms with Crippen molar-refractivity contribution in [3.05, 3.63) is 0 Å². The van der Waals surface area contributed by atoms with Crippen LogP contribution in [0.25, 0.3) is 0 Å². The van der Waals surface area contributed by atoms with Crippen LogP contribution in [0.3, 0.4) is 0 Å². The van der Waals surface area contributed by atoms with Crippen molar-refractivity contribution in [1.29, 1.82) is 0 Å². The molecule has 0 rings (SSSR count). The maximum atomic E-state index is 11.1. The summed E-state index contributed by atoms with van der Waals surface area (Å²) in [5.41, 5.74) is 5.30. The zero-order chi connectivity index (χ0) is 11.1. The molecule has 0 aromatic carbocycles. The number of carboxylic acids is 1. The predicted molar refractivity (Wildman–Crippen MR) is 52.8 cm³/mol. The molecule has 0 unspecified atom stereocenters. The molecule has 0 aliphatic carbocycles. The molecule has 1 atom stereocenters. The Morgan fingerprint density at radius 1 is 1.36 bits per heavy atom. The molecule has 0 bridgehead atoms. The summed E-state index contributed by atoms with van der Waals surface area (Å²) in [5.74, 6) is -0.919. The van der Waals surface area contributed by atoms with Crippen LogP contribution in [0.4, 0.5) is 0 Å². The number of aliphatic carboxylic acids is 1. The Morgan fingerprint density at radius 2 is 1.93 bits per heavy atom. The van der Waals surface area contributed by atoms with E-state index in [1.165, 1.54) is 4.90 Å². The molecule has 1 amide bonds. The summed E-state index contributed by atoms with van der Waals surface area (Å²) in [6, 6.07) is -0.801. The van der Waals surface area contributed by atoms with Gasteiger partial charge in [0, 0.05) is 20.5 Å². The van der Waals surface area contributed by atoms with Crippen LogP contribution < -0.4 is 5.73 Å². The zero-order valence-corrected chi connectivity index (χ0v) is 8.69. The zero-order valence-electron chi connectivity index (χ0n) is 8.69. The van der Waals surface area contributed by atoms with Gasteiger partial charge in [-0.1, -0.05) is 6.42 Å². The van der Waals surface area contributed by atoms with E-state index in [-0.39, 0.29) is 5.91 Å². The fourth-order valence-corrected chi connectivity index (χ4v) is 0.988. The Balaban J connectivity index is 3.47. The van der Waals surface area contributed by atoms with Crippen molar-refractivity contribution in [2.45, 2.75) is 31.7 Å².